The Morgan fingerprint density at radius 2 is 1.50 bits per heavy atom. The predicted octanol–water partition coefficient (Wildman–Crippen LogP) is 2.79. The Labute approximate surface area is 52.7 Å². The van der Waals surface area contributed by atoms with E-state index in [1.54, 1.807) is 0 Å². The number of hydrogen-bond donors (Lipinski definition) is 0. The van der Waals surface area contributed by atoms with Crippen LogP contribution in [-0.2, 0) is 0 Å². The zero-order valence-corrected chi connectivity index (χ0v) is 5.39. The van der Waals surface area contributed by atoms with Gasteiger partial charge in [0.15, 0.2) is 0 Å². The maximum Gasteiger partial charge on any atom is 0.0967 e. The number of rotatable bonds is 0. The molecular weight excluding hydrogens is 142 g/mol. The SMILES string of the molecule is C=CCl.ClCCl. The smallest absolute Gasteiger partial charge is 0.0967 e. The van der Waals surface area contributed by atoms with Crippen molar-refractivity contribution in [2.75, 3.05) is 5.34 Å². The number of hydrogen-bond acceptors (Lipinski definition) is 0. The maximum absolute atomic E-state index is 4.76. The minimum atomic E-state index is 0.194. The van der Waals surface area contributed by atoms with Crippen LogP contribution in [0.15, 0.2) is 12.1 Å². The summed E-state index contributed by atoms with van der Waals surface area (Å²) in [6.45, 7) is 3.13. The summed E-state index contributed by atoms with van der Waals surface area (Å²) in [6.07, 6.45) is 0. The molecule has 0 nitrogen and oxygen atoms in total. The minimum Gasteiger partial charge on any atom is -0.109 e. The summed E-state index contributed by atoms with van der Waals surface area (Å²) in [5.41, 5.74) is 1.22. The van der Waals surface area contributed by atoms with Crippen molar-refractivity contribution in [1.82, 2.24) is 0 Å². The first-order valence-corrected chi connectivity index (χ1v) is 2.67. The maximum atomic E-state index is 4.76. The second-order valence-electron chi connectivity index (χ2n) is 0.255. The van der Waals surface area contributed by atoms with Gasteiger partial charge in [-0.05, 0) is 5.54 Å². The minimum absolute atomic E-state index is 0.194. The molecule has 0 amide bonds. The summed E-state index contributed by atoms with van der Waals surface area (Å²) in [6, 6.07) is 0. The van der Waals surface area contributed by atoms with Gasteiger partial charge in [-0.1, -0.05) is 18.2 Å². The molecule has 38 valence electrons. The van der Waals surface area contributed by atoms with Gasteiger partial charge in [-0.2, -0.15) is 0 Å². The molecule has 0 spiro atoms. The van der Waals surface area contributed by atoms with Crippen LogP contribution in [0.2, 0.25) is 0 Å². The van der Waals surface area contributed by atoms with Crippen LogP contribution in [0.25, 0.3) is 0 Å². The van der Waals surface area contributed by atoms with Crippen molar-refractivity contribution in [3.8, 4) is 0 Å². The van der Waals surface area contributed by atoms with Crippen LogP contribution in [0.3, 0.4) is 0 Å². The third-order valence-electron chi connectivity index (χ3n) is 0. The van der Waals surface area contributed by atoms with E-state index in [1.807, 2.05) is 0 Å². The predicted molar refractivity (Wildman–Crippen MR) is 32.6 cm³/mol. The first-order chi connectivity index (χ1) is 2.83. The Morgan fingerprint density at radius 1 is 1.50 bits per heavy atom. The average molecular weight is 147 g/mol. The molecule has 3 heteroatoms. The Morgan fingerprint density at radius 3 is 1.50 bits per heavy atom. The van der Waals surface area contributed by atoms with Gasteiger partial charge in [-0.25, -0.2) is 0 Å². The highest BCUT2D eigenvalue weighted by Crippen LogP contribution is 1.73. The Balaban J connectivity index is 0. The third kappa shape index (κ3) is 161. The van der Waals surface area contributed by atoms with E-state index >= 15 is 0 Å². The first kappa shape index (κ1) is 9.79. The fourth-order valence-corrected chi connectivity index (χ4v) is 0. The molecule has 0 atom stereocenters. The summed E-state index contributed by atoms with van der Waals surface area (Å²) in [7, 11) is 0. The molecule has 0 unspecified atom stereocenters. The topological polar surface area (TPSA) is 0 Å². The monoisotopic (exact) mass is 146 g/mol. The zero-order valence-electron chi connectivity index (χ0n) is 3.13. The summed E-state index contributed by atoms with van der Waals surface area (Å²) in [5, 5.41) is 0.194. The van der Waals surface area contributed by atoms with Crippen LogP contribution in [0.1, 0.15) is 0 Å². The normalized spacial score (nSPS) is 5.17. The van der Waals surface area contributed by atoms with Crippen LogP contribution in [-0.4, -0.2) is 5.34 Å². The van der Waals surface area contributed by atoms with E-state index < -0.39 is 0 Å². The van der Waals surface area contributed by atoms with E-state index in [0.717, 1.165) is 0 Å². The second-order valence-corrected chi connectivity index (χ2v) is 1.37. The fraction of sp³-hybridized carbons (Fsp3) is 0.333. The lowest BCUT2D eigenvalue weighted by Gasteiger charge is -1.42. The molecule has 0 aliphatic carbocycles. The Bertz CT molecular complexity index is 20.0. The molecule has 0 heterocycles. The highest BCUT2D eigenvalue weighted by molar-refractivity contribution is 6.40. The van der Waals surface area contributed by atoms with Gasteiger partial charge >= 0.3 is 0 Å². The van der Waals surface area contributed by atoms with E-state index in [1.165, 1.54) is 5.54 Å². The van der Waals surface area contributed by atoms with Crippen molar-refractivity contribution in [3.63, 3.8) is 0 Å². The Kier molecular flexibility index (Phi) is 28.6. The van der Waals surface area contributed by atoms with Gasteiger partial charge in [0.1, 0.15) is 0 Å². The molecule has 0 aromatic rings. The summed E-state index contributed by atoms with van der Waals surface area (Å²) < 4.78 is 0. The molecule has 0 aliphatic rings. The lowest BCUT2D eigenvalue weighted by Crippen LogP contribution is -1.24. The lowest BCUT2D eigenvalue weighted by atomic mass is 11.3. The van der Waals surface area contributed by atoms with Gasteiger partial charge in [-0.15, -0.1) is 23.2 Å². The summed E-state index contributed by atoms with van der Waals surface area (Å²) in [5.74, 6) is 0. The van der Waals surface area contributed by atoms with E-state index in [2.05, 4.69) is 6.58 Å². The molecule has 0 saturated heterocycles. The van der Waals surface area contributed by atoms with E-state index in [0.29, 0.717) is 0 Å². The van der Waals surface area contributed by atoms with Gasteiger partial charge < -0.3 is 0 Å². The van der Waals surface area contributed by atoms with Gasteiger partial charge in [0.2, 0.25) is 0 Å². The Hall–Kier alpha value is 0.610. The standard InChI is InChI=1S/C2H3Cl.CH2Cl2/c1-2-3;2-1-3/h2H,1H2;1H2. The highest BCUT2D eigenvalue weighted by atomic mass is 35.5. The molecule has 0 aromatic heterocycles. The molecule has 6 heavy (non-hydrogen) atoms. The second kappa shape index (κ2) is 17.5. The zero-order chi connectivity index (χ0) is 5.41. The van der Waals surface area contributed by atoms with Crippen molar-refractivity contribution in [2.24, 2.45) is 0 Å². The van der Waals surface area contributed by atoms with Gasteiger partial charge in [0, 0.05) is 0 Å². The summed E-state index contributed by atoms with van der Waals surface area (Å²) in [4.78, 5) is 0. The molecular formula is C3H5Cl3. The highest BCUT2D eigenvalue weighted by Gasteiger charge is 1.41. The van der Waals surface area contributed by atoms with Crippen LogP contribution in [0.5, 0.6) is 0 Å². The molecule has 0 bridgehead atoms. The third-order valence-corrected chi connectivity index (χ3v) is 0. The quantitative estimate of drug-likeness (QED) is 0.462. The van der Waals surface area contributed by atoms with Gasteiger partial charge in [0.25, 0.3) is 0 Å². The molecule has 0 rings (SSSR count). The molecule has 0 saturated carbocycles. The first-order valence-electron chi connectivity index (χ1n) is 1.16. The van der Waals surface area contributed by atoms with Gasteiger partial charge in [0.05, 0.1) is 5.34 Å². The van der Waals surface area contributed by atoms with E-state index in [4.69, 9.17) is 34.8 Å². The number of halogens is 3. The molecule has 0 N–H and O–H groups in total. The van der Waals surface area contributed by atoms with Crippen LogP contribution in [0, 0.1) is 0 Å². The summed E-state index contributed by atoms with van der Waals surface area (Å²) >= 11 is 14.3. The average Bonchev–Trinajstić information content (AvgIpc) is 1.39. The molecule has 0 fully saturated rings. The van der Waals surface area contributed by atoms with Crippen molar-refractivity contribution in [3.05, 3.63) is 12.1 Å². The molecule has 0 aliphatic heterocycles. The van der Waals surface area contributed by atoms with Crippen molar-refractivity contribution < 1.29 is 0 Å². The van der Waals surface area contributed by atoms with Crippen molar-refractivity contribution in [1.29, 1.82) is 0 Å². The fourth-order valence-electron chi connectivity index (χ4n) is 0. The van der Waals surface area contributed by atoms with Gasteiger partial charge in [-0.3, -0.25) is 0 Å². The molecule has 0 radical (unpaired) electrons. The van der Waals surface area contributed by atoms with Crippen molar-refractivity contribution >= 4 is 34.8 Å². The molecule has 0 aromatic carbocycles. The van der Waals surface area contributed by atoms with E-state index in [9.17, 15) is 0 Å². The van der Waals surface area contributed by atoms with Crippen LogP contribution in [0.4, 0.5) is 0 Å². The largest absolute Gasteiger partial charge is 0.109 e. The lowest BCUT2D eigenvalue weighted by molar-refractivity contribution is 2.20. The number of alkyl halides is 2. The van der Waals surface area contributed by atoms with Crippen LogP contribution >= 0.6 is 34.8 Å². The van der Waals surface area contributed by atoms with Crippen molar-refractivity contribution in [2.45, 2.75) is 0 Å². The van der Waals surface area contributed by atoms with Crippen LogP contribution < -0.4 is 0 Å². The van der Waals surface area contributed by atoms with E-state index in [-0.39, 0.29) is 5.34 Å².